The van der Waals surface area contributed by atoms with Gasteiger partial charge < -0.3 is 5.11 Å². The lowest BCUT2D eigenvalue weighted by molar-refractivity contribution is -0.150. The van der Waals surface area contributed by atoms with Crippen molar-refractivity contribution < 1.29 is 9.90 Å². The van der Waals surface area contributed by atoms with E-state index in [9.17, 15) is 9.90 Å². The Morgan fingerprint density at radius 3 is 2.75 bits per heavy atom. The molecule has 1 aliphatic carbocycles. The molecule has 1 saturated heterocycles. The SMILES string of the molecule is CC1CCCC(N2CCCC2(C)C(=O)O)C1. The van der Waals surface area contributed by atoms with Crippen molar-refractivity contribution in [2.75, 3.05) is 6.54 Å². The molecule has 3 heteroatoms. The predicted octanol–water partition coefficient (Wildman–Crippen LogP) is 2.50. The highest BCUT2D eigenvalue weighted by molar-refractivity contribution is 5.78. The molecule has 1 N–H and O–H groups in total. The van der Waals surface area contributed by atoms with Gasteiger partial charge in [0, 0.05) is 6.04 Å². The molecule has 3 nitrogen and oxygen atoms in total. The van der Waals surface area contributed by atoms with Gasteiger partial charge in [-0.1, -0.05) is 19.8 Å². The van der Waals surface area contributed by atoms with Crippen molar-refractivity contribution in [1.82, 2.24) is 4.90 Å². The molecule has 0 bridgehead atoms. The van der Waals surface area contributed by atoms with Crippen LogP contribution in [-0.2, 0) is 4.79 Å². The number of carbonyl (C=O) groups is 1. The van der Waals surface area contributed by atoms with Gasteiger partial charge in [-0.2, -0.15) is 0 Å². The summed E-state index contributed by atoms with van der Waals surface area (Å²) in [6.45, 7) is 5.17. The lowest BCUT2D eigenvalue weighted by Gasteiger charge is -2.41. The van der Waals surface area contributed by atoms with Gasteiger partial charge in [-0.25, -0.2) is 0 Å². The van der Waals surface area contributed by atoms with Crippen molar-refractivity contribution in [2.24, 2.45) is 5.92 Å². The molecule has 2 rings (SSSR count). The van der Waals surface area contributed by atoms with Crippen molar-refractivity contribution >= 4 is 5.97 Å². The van der Waals surface area contributed by atoms with Crippen LogP contribution in [0.15, 0.2) is 0 Å². The Kier molecular flexibility index (Phi) is 3.24. The first-order chi connectivity index (χ1) is 7.54. The minimum absolute atomic E-state index is 0.507. The molecule has 1 saturated carbocycles. The van der Waals surface area contributed by atoms with Gasteiger partial charge in [0.1, 0.15) is 5.54 Å². The van der Waals surface area contributed by atoms with Crippen LogP contribution in [0.2, 0.25) is 0 Å². The Hall–Kier alpha value is -0.570. The third kappa shape index (κ3) is 1.97. The van der Waals surface area contributed by atoms with Crippen LogP contribution in [-0.4, -0.2) is 34.1 Å². The first kappa shape index (κ1) is 11.9. The topological polar surface area (TPSA) is 40.5 Å². The van der Waals surface area contributed by atoms with E-state index in [0.29, 0.717) is 6.04 Å². The fourth-order valence-corrected chi connectivity index (χ4v) is 3.48. The molecule has 0 spiro atoms. The Morgan fingerprint density at radius 2 is 2.12 bits per heavy atom. The lowest BCUT2D eigenvalue weighted by Crippen LogP contribution is -2.53. The van der Waals surface area contributed by atoms with Crippen LogP contribution in [0.4, 0.5) is 0 Å². The molecule has 0 aromatic rings. The van der Waals surface area contributed by atoms with Gasteiger partial charge in [-0.15, -0.1) is 0 Å². The van der Waals surface area contributed by atoms with Crippen molar-refractivity contribution in [3.8, 4) is 0 Å². The second-order valence-corrected chi connectivity index (χ2v) is 5.80. The van der Waals surface area contributed by atoms with Crippen LogP contribution in [0.25, 0.3) is 0 Å². The van der Waals surface area contributed by atoms with Gasteiger partial charge >= 0.3 is 5.97 Å². The van der Waals surface area contributed by atoms with Gasteiger partial charge in [0.05, 0.1) is 0 Å². The highest BCUT2D eigenvalue weighted by Gasteiger charge is 2.46. The molecule has 0 amide bonds. The summed E-state index contributed by atoms with van der Waals surface area (Å²) < 4.78 is 0. The number of likely N-dealkylation sites (tertiary alicyclic amines) is 1. The van der Waals surface area contributed by atoms with E-state index in [2.05, 4.69) is 11.8 Å². The van der Waals surface area contributed by atoms with E-state index < -0.39 is 11.5 Å². The number of carboxylic acids is 1. The van der Waals surface area contributed by atoms with E-state index in [-0.39, 0.29) is 0 Å². The summed E-state index contributed by atoms with van der Waals surface area (Å²) in [5, 5.41) is 9.40. The fraction of sp³-hybridized carbons (Fsp3) is 0.923. The van der Waals surface area contributed by atoms with Gasteiger partial charge in [0.2, 0.25) is 0 Å². The molecule has 2 fully saturated rings. The van der Waals surface area contributed by atoms with E-state index >= 15 is 0 Å². The van der Waals surface area contributed by atoms with E-state index in [1.807, 2.05) is 6.92 Å². The van der Waals surface area contributed by atoms with Crippen LogP contribution in [0.1, 0.15) is 52.4 Å². The van der Waals surface area contributed by atoms with Crippen molar-refractivity contribution in [3.05, 3.63) is 0 Å². The Labute approximate surface area is 97.8 Å². The quantitative estimate of drug-likeness (QED) is 0.785. The molecule has 0 aromatic carbocycles. The number of hydrogen-bond acceptors (Lipinski definition) is 2. The van der Waals surface area contributed by atoms with Gasteiger partial charge in [0.15, 0.2) is 0 Å². The number of rotatable bonds is 2. The van der Waals surface area contributed by atoms with E-state index in [0.717, 1.165) is 25.3 Å². The molecule has 1 aliphatic heterocycles. The summed E-state index contributed by atoms with van der Waals surface area (Å²) in [6, 6.07) is 0.507. The van der Waals surface area contributed by atoms with E-state index in [4.69, 9.17) is 0 Å². The average Bonchev–Trinajstić information content (AvgIpc) is 2.62. The first-order valence-corrected chi connectivity index (χ1v) is 6.54. The Morgan fingerprint density at radius 1 is 1.38 bits per heavy atom. The zero-order valence-electron chi connectivity index (χ0n) is 10.4. The van der Waals surface area contributed by atoms with Crippen molar-refractivity contribution in [2.45, 2.75) is 64.0 Å². The van der Waals surface area contributed by atoms with Crippen LogP contribution >= 0.6 is 0 Å². The monoisotopic (exact) mass is 225 g/mol. The zero-order chi connectivity index (χ0) is 11.8. The summed E-state index contributed by atoms with van der Waals surface area (Å²) in [5.74, 6) is 0.126. The summed E-state index contributed by atoms with van der Waals surface area (Å²) >= 11 is 0. The third-order valence-corrected chi connectivity index (χ3v) is 4.51. The standard InChI is InChI=1S/C13H23NO2/c1-10-5-3-6-11(9-10)14-8-4-7-13(14,2)12(15)16/h10-11H,3-9H2,1-2H3,(H,15,16). The third-order valence-electron chi connectivity index (χ3n) is 4.51. The lowest BCUT2D eigenvalue weighted by atomic mass is 9.84. The van der Waals surface area contributed by atoms with Crippen LogP contribution < -0.4 is 0 Å². The zero-order valence-corrected chi connectivity index (χ0v) is 10.4. The first-order valence-electron chi connectivity index (χ1n) is 6.54. The molecule has 3 unspecified atom stereocenters. The largest absolute Gasteiger partial charge is 0.480 e. The second kappa shape index (κ2) is 4.36. The summed E-state index contributed by atoms with van der Waals surface area (Å²) in [4.78, 5) is 13.7. The number of nitrogens with zero attached hydrogens (tertiary/aromatic N) is 1. The highest BCUT2D eigenvalue weighted by atomic mass is 16.4. The maximum absolute atomic E-state index is 11.4. The highest BCUT2D eigenvalue weighted by Crippen LogP contribution is 2.37. The van der Waals surface area contributed by atoms with Crippen molar-refractivity contribution in [1.29, 1.82) is 0 Å². The normalized spacial score (nSPS) is 41.1. The van der Waals surface area contributed by atoms with Crippen molar-refractivity contribution in [3.63, 3.8) is 0 Å². The van der Waals surface area contributed by atoms with Crippen LogP contribution in [0.3, 0.4) is 0 Å². The molecule has 3 atom stereocenters. The fourth-order valence-electron chi connectivity index (χ4n) is 3.48. The maximum Gasteiger partial charge on any atom is 0.323 e. The average molecular weight is 225 g/mol. The second-order valence-electron chi connectivity index (χ2n) is 5.80. The van der Waals surface area contributed by atoms with Gasteiger partial charge in [-0.3, -0.25) is 9.69 Å². The van der Waals surface area contributed by atoms with Gasteiger partial charge in [-0.05, 0) is 45.1 Å². The van der Waals surface area contributed by atoms with Crippen LogP contribution in [0, 0.1) is 5.92 Å². The molecule has 2 aliphatic rings. The minimum atomic E-state index is -0.636. The maximum atomic E-state index is 11.4. The Balaban J connectivity index is 2.10. The number of carboxylic acid groups (broad SMARTS) is 1. The summed E-state index contributed by atoms with van der Waals surface area (Å²) in [6.07, 6.45) is 6.79. The minimum Gasteiger partial charge on any atom is -0.480 e. The number of aliphatic carboxylic acids is 1. The molecule has 1 heterocycles. The molecule has 0 radical (unpaired) electrons. The van der Waals surface area contributed by atoms with E-state index in [1.165, 1.54) is 25.7 Å². The molecular weight excluding hydrogens is 202 g/mol. The van der Waals surface area contributed by atoms with Crippen LogP contribution in [0.5, 0.6) is 0 Å². The predicted molar refractivity (Wildman–Crippen MR) is 63.4 cm³/mol. The smallest absolute Gasteiger partial charge is 0.323 e. The molecule has 92 valence electrons. The summed E-state index contributed by atoms with van der Waals surface area (Å²) in [5.41, 5.74) is -0.596. The van der Waals surface area contributed by atoms with E-state index in [1.54, 1.807) is 0 Å². The number of hydrogen-bond donors (Lipinski definition) is 1. The Bertz CT molecular complexity index is 279. The molecular formula is C13H23NO2. The van der Waals surface area contributed by atoms with Gasteiger partial charge in [0.25, 0.3) is 0 Å². The molecule has 16 heavy (non-hydrogen) atoms. The molecule has 0 aromatic heterocycles. The summed E-state index contributed by atoms with van der Waals surface area (Å²) in [7, 11) is 0.